The highest BCUT2D eigenvalue weighted by atomic mass is 16.5. The number of ether oxygens (including phenoxy) is 1. The van der Waals surface area contributed by atoms with Crippen LogP contribution in [0.2, 0.25) is 0 Å². The van der Waals surface area contributed by atoms with Crippen LogP contribution in [0.25, 0.3) is 0 Å². The molecule has 0 saturated carbocycles. The average Bonchev–Trinajstić information content (AvgIpc) is 2.72. The molecule has 17 heavy (non-hydrogen) atoms. The van der Waals surface area contributed by atoms with Crippen molar-refractivity contribution < 1.29 is 9.53 Å². The number of hydrogen-bond acceptors (Lipinski definition) is 4. The molecule has 0 aliphatic rings. The van der Waals surface area contributed by atoms with Gasteiger partial charge in [0.25, 0.3) is 0 Å². The van der Waals surface area contributed by atoms with Gasteiger partial charge in [0.15, 0.2) is 5.75 Å². The zero-order valence-corrected chi connectivity index (χ0v) is 10.3. The predicted molar refractivity (Wildman–Crippen MR) is 66.2 cm³/mol. The molecular formula is C12H19N3O2. The normalized spacial score (nSPS) is 12.2. The van der Waals surface area contributed by atoms with E-state index in [1.807, 2.05) is 6.92 Å². The standard InChI is InChI=1S/C12H19N3O2/c1-4-6-9(13)12(16)11-10(17-3)8-14-15(11)7-5-2/h4,8-9H,1,5-7,13H2,2-3H3. The number of ketones is 1. The fourth-order valence-corrected chi connectivity index (χ4v) is 1.61. The quantitative estimate of drug-likeness (QED) is 0.574. The van der Waals surface area contributed by atoms with Crippen LogP contribution in [0.1, 0.15) is 30.3 Å². The Bertz CT molecular complexity index is 398. The Labute approximate surface area is 101 Å². The molecule has 0 radical (unpaired) electrons. The van der Waals surface area contributed by atoms with Crippen molar-refractivity contribution >= 4 is 5.78 Å². The van der Waals surface area contributed by atoms with Crippen LogP contribution >= 0.6 is 0 Å². The minimum absolute atomic E-state index is 0.160. The van der Waals surface area contributed by atoms with Gasteiger partial charge in [-0.1, -0.05) is 13.0 Å². The number of aromatic nitrogens is 2. The average molecular weight is 237 g/mol. The maximum Gasteiger partial charge on any atom is 0.201 e. The largest absolute Gasteiger partial charge is 0.493 e. The molecule has 0 amide bonds. The zero-order chi connectivity index (χ0) is 12.8. The molecule has 0 aliphatic heterocycles. The smallest absolute Gasteiger partial charge is 0.201 e. The van der Waals surface area contributed by atoms with E-state index in [0.717, 1.165) is 6.42 Å². The molecule has 1 unspecified atom stereocenters. The van der Waals surface area contributed by atoms with Crippen molar-refractivity contribution in [1.29, 1.82) is 0 Å². The molecule has 94 valence electrons. The van der Waals surface area contributed by atoms with Gasteiger partial charge in [-0.15, -0.1) is 6.58 Å². The highest BCUT2D eigenvalue weighted by Gasteiger charge is 2.23. The maximum absolute atomic E-state index is 12.2. The second-order valence-corrected chi connectivity index (χ2v) is 3.78. The fraction of sp³-hybridized carbons (Fsp3) is 0.500. The maximum atomic E-state index is 12.2. The summed E-state index contributed by atoms with van der Waals surface area (Å²) in [5.41, 5.74) is 6.24. The molecule has 2 N–H and O–H groups in total. The molecule has 1 rings (SSSR count). The van der Waals surface area contributed by atoms with Crippen molar-refractivity contribution in [1.82, 2.24) is 9.78 Å². The van der Waals surface area contributed by atoms with Crippen molar-refractivity contribution in [3.05, 3.63) is 24.5 Å². The summed E-state index contributed by atoms with van der Waals surface area (Å²) in [6.45, 7) is 6.27. The Morgan fingerprint density at radius 1 is 1.76 bits per heavy atom. The van der Waals surface area contributed by atoms with Gasteiger partial charge in [-0.05, 0) is 12.8 Å². The van der Waals surface area contributed by atoms with Gasteiger partial charge in [-0.3, -0.25) is 9.48 Å². The number of carbonyl (C=O) groups is 1. The Hall–Kier alpha value is -1.62. The lowest BCUT2D eigenvalue weighted by Gasteiger charge is -2.11. The first kappa shape index (κ1) is 13.4. The third-order valence-corrected chi connectivity index (χ3v) is 2.45. The number of carbonyl (C=O) groups excluding carboxylic acids is 1. The first-order chi connectivity index (χ1) is 8.15. The molecule has 1 aromatic rings. The Morgan fingerprint density at radius 3 is 3.00 bits per heavy atom. The van der Waals surface area contributed by atoms with Gasteiger partial charge in [-0.25, -0.2) is 0 Å². The van der Waals surface area contributed by atoms with E-state index in [2.05, 4.69) is 11.7 Å². The van der Waals surface area contributed by atoms with Crippen molar-refractivity contribution in [2.75, 3.05) is 7.11 Å². The molecule has 0 spiro atoms. The minimum Gasteiger partial charge on any atom is -0.493 e. The Kier molecular flexibility index (Phi) is 4.90. The molecule has 5 nitrogen and oxygen atoms in total. The number of Topliss-reactive ketones (excluding diaryl/α,β-unsaturated/α-hetero) is 1. The van der Waals surface area contributed by atoms with Gasteiger partial charge in [0.2, 0.25) is 5.78 Å². The minimum atomic E-state index is -0.589. The zero-order valence-electron chi connectivity index (χ0n) is 10.3. The predicted octanol–water partition coefficient (Wildman–Crippen LogP) is 1.39. The van der Waals surface area contributed by atoms with E-state index in [0.29, 0.717) is 24.4 Å². The van der Waals surface area contributed by atoms with E-state index >= 15 is 0 Å². The van der Waals surface area contributed by atoms with Crippen LogP contribution in [0.4, 0.5) is 0 Å². The highest BCUT2D eigenvalue weighted by molar-refractivity contribution is 6.00. The molecule has 0 bridgehead atoms. The molecular weight excluding hydrogens is 218 g/mol. The van der Waals surface area contributed by atoms with Crippen molar-refractivity contribution in [2.45, 2.75) is 32.4 Å². The summed E-state index contributed by atoms with van der Waals surface area (Å²) in [5, 5.41) is 4.13. The van der Waals surface area contributed by atoms with Crippen molar-refractivity contribution in [2.24, 2.45) is 5.73 Å². The second kappa shape index (κ2) is 6.20. The van der Waals surface area contributed by atoms with Crippen LogP contribution in [0.5, 0.6) is 5.75 Å². The Morgan fingerprint density at radius 2 is 2.47 bits per heavy atom. The monoisotopic (exact) mass is 237 g/mol. The topological polar surface area (TPSA) is 70.1 Å². The van der Waals surface area contributed by atoms with Gasteiger partial charge in [0.05, 0.1) is 19.3 Å². The van der Waals surface area contributed by atoms with Crippen LogP contribution in [0.3, 0.4) is 0 Å². The summed E-state index contributed by atoms with van der Waals surface area (Å²) in [7, 11) is 1.52. The summed E-state index contributed by atoms with van der Waals surface area (Å²) in [6.07, 6.45) is 4.51. The summed E-state index contributed by atoms with van der Waals surface area (Å²) in [6, 6.07) is -0.589. The molecule has 1 aromatic heterocycles. The number of hydrogen-bond donors (Lipinski definition) is 1. The molecule has 5 heteroatoms. The lowest BCUT2D eigenvalue weighted by molar-refractivity contribution is 0.0948. The van der Waals surface area contributed by atoms with Gasteiger partial charge in [0, 0.05) is 6.54 Å². The van der Waals surface area contributed by atoms with E-state index in [4.69, 9.17) is 10.5 Å². The van der Waals surface area contributed by atoms with Crippen LogP contribution in [-0.2, 0) is 6.54 Å². The molecule has 1 heterocycles. The van der Waals surface area contributed by atoms with Gasteiger partial charge in [0.1, 0.15) is 5.69 Å². The number of rotatable bonds is 7. The first-order valence-electron chi connectivity index (χ1n) is 5.66. The van der Waals surface area contributed by atoms with E-state index < -0.39 is 6.04 Å². The van der Waals surface area contributed by atoms with Crippen molar-refractivity contribution in [3.8, 4) is 5.75 Å². The fourth-order valence-electron chi connectivity index (χ4n) is 1.61. The van der Waals surface area contributed by atoms with Gasteiger partial charge < -0.3 is 10.5 Å². The molecule has 0 aliphatic carbocycles. The summed E-state index contributed by atoms with van der Waals surface area (Å²) in [5.74, 6) is 0.315. The van der Waals surface area contributed by atoms with Gasteiger partial charge >= 0.3 is 0 Å². The van der Waals surface area contributed by atoms with E-state index in [9.17, 15) is 4.79 Å². The number of nitrogens with two attached hydrogens (primary N) is 1. The highest BCUT2D eigenvalue weighted by Crippen LogP contribution is 2.20. The lowest BCUT2D eigenvalue weighted by atomic mass is 10.1. The van der Waals surface area contributed by atoms with E-state index in [1.54, 1.807) is 17.0 Å². The van der Waals surface area contributed by atoms with Crippen LogP contribution < -0.4 is 10.5 Å². The van der Waals surface area contributed by atoms with Crippen LogP contribution in [0, 0.1) is 0 Å². The number of methoxy groups -OCH3 is 1. The lowest BCUT2D eigenvalue weighted by Crippen LogP contribution is -2.32. The van der Waals surface area contributed by atoms with Gasteiger partial charge in [-0.2, -0.15) is 5.10 Å². The summed E-state index contributed by atoms with van der Waals surface area (Å²) >= 11 is 0. The summed E-state index contributed by atoms with van der Waals surface area (Å²) < 4.78 is 6.78. The molecule has 0 fully saturated rings. The van der Waals surface area contributed by atoms with Crippen molar-refractivity contribution in [3.63, 3.8) is 0 Å². The van der Waals surface area contributed by atoms with Crippen LogP contribution in [0.15, 0.2) is 18.9 Å². The first-order valence-corrected chi connectivity index (χ1v) is 5.66. The van der Waals surface area contributed by atoms with Crippen LogP contribution in [-0.4, -0.2) is 28.7 Å². The molecule has 0 saturated heterocycles. The Balaban J connectivity index is 3.04. The number of nitrogens with zero attached hydrogens (tertiary/aromatic N) is 2. The van der Waals surface area contributed by atoms with E-state index in [-0.39, 0.29) is 5.78 Å². The molecule has 0 aromatic carbocycles. The molecule has 1 atom stereocenters. The second-order valence-electron chi connectivity index (χ2n) is 3.78. The number of aryl methyl sites for hydroxylation is 1. The van der Waals surface area contributed by atoms with E-state index in [1.165, 1.54) is 7.11 Å². The third-order valence-electron chi connectivity index (χ3n) is 2.45. The summed E-state index contributed by atoms with van der Waals surface area (Å²) in [4.78, 5) is 12.2. The third kappa shape index (κ3) is 2.94. The SMILES string of the molecule is C=CCC(N)C(=O)c1c(OC)cnn1CCC.